The van der Waals surface area contributed by atoms with Crippen LogP contribution in [0.4, 0.5) is 0 Å². The van der Waals surface area contributed by atoms with E-state index >= 15 is 0 Å². The fraction of sp³-hybridized carbons (Fsp3) is 0.542. The lowest BCUT2D eigenvalue weighted by Gasteiger charge is -2.19. The van der Waals surface area contributed by atoms with Gasteiger partial charge >= 0.3 is 0 Å². The van der Waals surface area contributed by atoms with Crippen LogP contribution in [0.3, 0.4) is 0 Å². The molecule has 0 fully saturated rings. The van der Waals surface area contributed by atoms with E-state index in [0.29, 0.717) is 47.5 Å². The zero-order valence-electron chi connectivity index (χ0n) is 21.4. The SMILES string of the molecule is CCCc1nn(C)c2c(=O)[nH]c(-c3cc(S(=O)(=O)NC(CCO)CCOCCO)ccc3OCC)nc12. The molecule has 0 aliphatic heterocycles. The number of benzene rings is 1. The summed E-state index contributed by atoms with van der Waals surface area (Å²) < 4.78 is 41.6. The van der Waals surface area contributed by atoms with Gasteiger partial charge in [-0.25, -0.2) is 18.1 Å². The minimum atomic E-state index is -4.01. The summed E-state index contributed by atoms with van der Waals surface area (Å²) in [6.45, 7) is 4.15. The van der Waals surface area contributed by atoms with Crippen molar-refractivity contribution in [2.24, 2.45) is 7.05 Å². The van der Waals surface area contributed by atoms with Gasteiger partial charge in [-0.15, -0.1) is 0 Å². The number of hydrogen-bond donors (Lipinski definition) is 4. The lowest BCUT2D eigenvalue weighted by atomic mass is 10.1. The predicted octanol–water partition coefficient (Wildman–Crippen LogP) is 1.10. The second-order valence-corrected chi connectivity index (χ2v) is 10.2. The Hall–Kier alpha value is -2.84. The van der Waals surface area contributed by atoms with Gasteiger partial charge in [0.25, 0.3) is 5.56 Å². The average molecular weight is 538 g/mol. The number of aromatic nitrogens is 4. The number of ether oxygens (including phenoxy) is 2. The van der Waals surface area contributed by atoms with E-state index in [0.717, 1.165) is 6.42 Å². The van der Waals surface area contributed by atoms with E-state index in [-0.39, 0.29) is 43.6 Å². The van der Waals surface area contributed by atoms with E-state index in [2.05, 4.69) is 19.8 Å². The van der Waals surface area contributed by atoms with Crippen molar-refractivity contribution in [3.05, 3.63) is 34.2 Å². The molecule has 204 valence electrons. The van der Waals surface area contributed by atoms with Crippen molar-refractivity contribution in [1.82, 2.24) is 24.5 Å². The second kappa shape index (κ2) is 13.1. The third-order valence-electron chi connectivity index (χ3n) is 5.71. The fourth-order valence-electron chi connectivity index (χ4n) is 4.02. The molecule has 37 heavy (non-hydrogen) atoms. The van der Waals surface area contributed by atoms with Crippen molar-refractivity contribution >= 4 is 21.1 Å². The molecule has 0 saturated carbocycles. The summed E-state index contributed by atoms with van der Waals surface area (Å²) in [5.74, 6) is 0.543. The van der Waals surface area contributed by atoms with E-state index < -0.39 is 21.6 Å². The molecule has 0 aliphatic rings. The van der Waals surface area contributed by atoms with Gasteiger partial charge in [0.15, 0.2) is 5.52 Å². The van der Waals surface area contributed by atoms with Gasteiger partial charge in [-0.1, -0.05) is 13.3 Å². The van der Waals surface area contributed by atoms with Crippen molar-refractivity contribution in [1.29, 1.82) is 0 Å². The molecule has 2 heterocycles. The van der Waals surface area contributed by atoms with Gasteiger partial charge in [-0.05, 0) is 44.4 Å². The highest BCUT2D eigenvalue weighted by molar-refractivity contribution is 7.89. The molecule has 0 radical (unpaired) electrons. The number of aliphatic hydroxyl groups is 2. The number of hydrogen-bond acceptors (Lipinski definition) is 9. The predicted molar refractivity (Wildman–Crippen MR) is 138 cm³/mol. The van der Waals surface area contributed by atoms with Crippen LogP contribution in [0.1, 0.15) is 38.8 Å². The lowest BCUT2D eigenvalue weighted by molar-refractivity contribution is 0.0853. The van der Waals surface area contributed by atoms with Crippen LogP contribution in [-0.2, 0) is 28.2 Å². The van der Waals surface area contributed by atoms with Gasteiger partial charge in [0, 0.05) is 26.3 Å². The molecule has 0 spiro atoms. The fourth-order valence-corrected chi connectivity index (χ4v) is 5.35. The van der Waals surface area contributed by atoms with E-state index in [9.17, 15) is 18.3 Å². The smallest absolute Gasteiger partial charge is 0.277 e. The molecular weight excluding hydrogens is 502 g/mol. The molecule has 4 N–H and O–H groups in total. The topological polar surface area (TPSA) is 169 Å². The molecule has 0 aliphatic carbocycles. The van der Waals surface area contributed by atoms with Gasteiger partial charge in [0.05, 0.1) is 36.0 Å². The number of H-pyrrole nitrogens is 1. The van der Waals surface area contributed by atoms with Crippen LogP contribution in [0.2, 0.25) is 0 Å². The van der Waals surface area contributed by atoms with Crippen LogP contribution >= 0.6 is 0 Å². The van der Waals surface area contributed by atoms with Crippen LogP contribution in [0.15, 0.2) is 27.9 Å². The van der Waals surface area contributed by atoms with E-state index in [1.165, 1.54) is 22.9 Å². The summed E-state index contributed by atoms with van der Waals surface area (Å²) in [6, 6.07) is 3.77. The van der Waals surface area contributed by atoms with Crippen LogP contribution in [-0.4, -0.2) is 77.5 Å². The Labute approximate surface area is 215 Å². The number of fused-ring (bicyclic) bond motifs is 1. The van der Waals surface area contributed by atoms with E-state index in [1.54, 1.807) is 14.0 Å². The summed E-state index contributed by atoms with van der Waals surface area (Å²) in [4.78, 5) is 20.3. The second-order valence-electron chi connectivity index (χ2n) is 8.48. The first-order valence-electron chi connectivity index (χ1n) is 12.3. The monoisotopic (exact) mass is 537 g/mol. The molecular formula is C24H35N5O7S. The maximum atomic E-state index is 13.3. The molecule has 0 amide bonds. The van der Waals surface area contributed by atoms with Crippen LogP contribution in [0, 0.1) is 0 Å². The lowest BCUT2D eigenvalue weighted by Crippen LogP contribution is -2.36. The Morgan fingerprint density at radius 2 is 1.95 bits per heavy atom. The molecule has 13 heteroatoms. The molecule has 3 rings (SSSR count). The highest BCUT2D eigenvalue weighted by atomic mass is 32.2. The number of rotatable bonds is 15. The number of aryl methyl sites for hydroxylation is 2. The number of nitrogens with zero attached hydrogens (tertiary/aromatic N) is 3. The Morgan fingerprint density at radius 1 is 1.16 bits per heavy atom. The first kappa shape index (κ1) is 28.7. The standard InChI is InChI=1S/C24H35N5O7S/c1-4-6-19-21-22(29(3)27-19)24(32)26-23(25-21)18-15-17(7-8-20(18)36-5-2)37(33,34)28-16(9-11-30)10-13-35-14-12-31/h7-8,15-16,28,30-31H,4-6,9-14H2,1-3H3,(H,25,26,32). The summed E-state index contributed by atoms with van der Waals surface area (Å²) in [5, 5.41) is 22.7. The van der Waals surface area contributed by atoms with Crippen LogP contribution in [0.5, 0.6) is 5.75 Å². The zero-order chi connectivity index (χ0) is 27.0. The molecule has 0 bridgehead atoms. The van der Waals surface area contributed by atoms with E-state index in [4.69, 9.17) is 14.6 Å². The number of aromatic amines is 1. The van der Waals surface area contributed by atoms with Crippen molar-refractivity contribution in [2.45, 2.75) is 50.5 Å². The highest BCUT2D eigenvalue weighted by Gasteiger charge is 2.23. The quantitative estimate of drug-likeness (QED) is 0.207. The summed E-state index contributed by atoms with van der Waals surface area (Å²) in [6.07, 6.45) is 1.96. The Kier molecular flexibility index (Phi) is 10.2. The minimum absolute atomic E-state index is 0.0483. The van der Waals surface area contributed by atoms with Crippen molar-refractivity contribution in [2.75, 3.05) is 33.0 Å². The Bertz CT molecular complexity index is 1350. The van der Waals surface area contributed by atoms with Crippen molar-refractivity contribution in [3.63, 3.8) is 0 Å². The molecule has 1 atom stereocenters. The Balaban J connectivity index is 2.03. The molecule has 2 aromatic heterocycles. The first-order chi connectivity index (χ1) is 17.7. The summed E-state index contributed by atoms with van der Waals surface area (Å²) >= 11 is 0. The van der Waals surface area contributed by atoms with Crippen LogP contribution in [0.25, 0.3) is 22.4 Å². The number of aliphatic hydroxyl groups excluding tert-OH is 2. The Morgan fingerprint density at radius 3 is 2.62 bits per heavy atom. The maximum absolute atomic E-state index is 13.3. The average Bonchev–Trinajstić information content (AvgIpc) is 3.17. The highest BCUT2D eigenvalue weighted by Crippen LogP contribution is 2.31. The zero-order valence-corrected chi connectivity index (χ0v) is 22.2. The molecule has 0 saturated heterocycles. The van der Waals surface area contributed by atoms with Crippen LogP contribution < -0.4 is 15.0 Å². The van der Waals surface area contributed by atoms with Gasteiger partial charge in [-0.2, -0.15) is 5.10 Å². The van der Waals surface area contributed by atoms with Gasteiger partial charge in [0.2, 0.25) is 10.0 Å². The number of nitrogens with one attached hydrogen (secondary N) is 2. The van der Waals surface area contributed by atoms with Gasteiger partial charge in [-0.3, -0.25) is 9.48 Å². The molecule has 12 nitrogen and oxygen atoms in total. The first-order valence-corrected chi connectivity index (χ1v) is 13.8. The molecule has 1 aromatic carbocycles. The third kappa shape index (κ3) is 6.93. The van der Waals surface area contributed by atoms with E-state index in [1.807, 2.05) is 6.92 Å². The third-order valence-corrected chi connectivity index (χ3v) is 7.23. The largest absolute Gasteiger partial charge is 0.493 e. The summed E-state index contributed by atoms with van der Waals surface area (Å²) in [5.41, 5.74) is 1.41. The van der Waals surface area contributed by atoms with Gasteiger partial charge < -0.3 is 24.7 Å². The number of sulfonamides is 1. The normalized spacial score (nSPS) is 12.8. The van der Waals surface area contributed by atoms with Gasteiger partial charge in [0.1, 0.15) is 17.1 Å². The maximum Gasteiger partial charge on any atom is 0.277 e. The van der Waals surface area contributed by atoms with Crippen molar-refractivity contribution in [3.8, 4) is 17.1 Å². The van der Waals surface area contributed by atoms with Crippen molar-refractivity contribution < 1.29 is 28.1 Å². The molecule has 1 unspecified atom stereocenters. The summed E-state index contributed by atoms with van der Waals surface area (Å²) in [7, 11) is -2.33. The molecule has 3 aromatic rings. The minimum Gasteiger partial charge on any atom is -0.493 e.